The predicted molar refractivity (Wildman–Crippen MR) is 89.6 cm³/mol. The van der Waals surface area contributed by atoms with E-state index in [1.807, 2.05) is 13.2 Å². The van der Waals surface area contributed by atoms with Crippen LogP contribution < -0.4 is 0 Å². The minimum atomic E-state index is -0.237. The van der Waals surface area contributed by atoms with Gasteiger partial charge in [-0.15, -0.1) is 11.3 Å². The van der Waals surface area contributed by atoms with Gasteiger partial charge in [0.05, 0.1) is 18.7 Å². The number of piperidine rings is 1. The predicted octanol–water partition coefficient (Wildman–Crippen LogP) is 1.96. The van der Waals surface area contributed by atoms with Gasteiger partial charge in [0.25, 0.3) is 5.91 Å². The van der Waals surface area contributed by atoms with Gasteiger partial charge < -0.3 is 9.64 Å². The van der Waals surface area contributed by atoms with E-state index in [2.05, 4.69) is 10.1 Å². The lowest BCUT2D eigenvalue weighted by Gasteiger charge is -2.31. The second kappa shape index (κ2) is 7.12. The summed E-state index contributed by atoms with van der Waals surface area (Å²) in [7, 11) is 1.84. The normalized spacial score (nSPS) is 17.8. The molecule has 2 aromatic heterocycles. The summed E-state index contributed by atoms with van der Waals surface area (Å²) >= 11 is 1.42. The van der Waals surface area contributed by atoms with Gasteiger partial charge in [-0.2, -0.15) is 5.10 Å². The van der Waals surface area contributed by atoms with Gasteiger partial charge in [-0.1, -0.05) is 0 Å². The van der Waals surface area contributed by atoms with Crippen LogP contribution in [0.5, 0.6) is 0 Å². The van der Waals surface area contributed by atoms with Gasteiger partial charge in [0.15, 0.2) is 0 Å². The van der Waals surface area contributed by atoms with Crippen molar-refractivity contribution >= 4 is 23.2 Å². The monoisotopic (exact) mass is 348 g/mol. The molecular weight excluding hydrogens is 328 g/mol. The van der Waals surface area contributed by atoms with E-state index in [0.717, 1.165) is 23.4 Å². The van der Waals surface area contributed by atoms with E-state index in [1.165, 1.54) is 11.3 Å². The number of rotatable bonds is 4. The van der Waals surface area contributed by atoms with Crippen LogP contribution in [-0.2, 0) is 16.6 Å². The van der Waals surface area contributed by atoms with E-state index in [-0.39, 0.29) is 17.8 Å². The van der Waals surface area contributed by atoms with E-state index >= 15 is 0 Å². The minimum absolute atomic E-state index is 0.129. The molecule has 1 atom stereocenters. The first-order chi connectivity index (χ1) is 11.6. The first-order valence-electron chi connectivity index (χ1n) is 7.99. The van der Waals surface area contributed by atoms with E-state index in [9.17, 15) is 9.59 Å². The number of carbonyl (C=O) groups is 2. The summed E-state index contributed by atoms with van der Waals surface area (Å²) in [6.45, 7) is 3.20. The number of likely N-dealkylation sites (tertiary alicyclic amines) is 1. The van der Waals surface area contributed by atoms with Gasteiger partial charge in [0.2, 0.25) is 0 Å². The van der Waals surface area contributed by atoms with E-state index in [4.69, 9.17) is 4.74 Å². The van der Waals surface area contributed by atoms with Crippen molar-refractivity contribution in [1.29, 1.82) is 0 Å². The van der Waals surface area contributed by atoms with Crippen molar-refractivity contribution in [3.8, 4) is 10.6 Å². The van der Waals surface area contributed by atoms with Crippen LogP contribution in [0, 0.1) is 5.92 Å². The molecule has 3 heterocycles. The second-order valence-electron chi connectivity index (χ2n) is 5.78. The Hall–Kier alpha value is -2.22. The third kappa shape index (κ3) is 3.48. The molecule has 0 radical (unpaired) electrons. The molecule has 1 saturated heterocycles. The number of aryl methyl sites for hydroxylation is 1. The summed E-state index contributed by atoms with van der Waals surface area (Å²) in [6, 6.07) is 0. The van der Waals surface area contributed by atoms with Crippen LogP contribution in [0.1, 0.15) is 30.3 Å². The zero-order chi connectivity index (χ0) is 17.1. The Labute approximate surface area is 144 Å². The van der Waals surface area contributed by atoms with Gasteiger partial charge in [0.1, 0.15) is 10.7 Å². The Bertz CT molecular complexity index is 739. The van der Waals surface area contributed by atoms with Gasteiger partial charge in [-0.05, 0) is 19.8 Å². The molecular formula is C16H20N4O3S. The third-order valence-electron chi connectivity index (χ3n) is 4.00. The second-order valence-corrected chi connectivity index (χ2v) is 6.64. The first-order valence-corrected chi connectivity index (χ1v) is 8.87. The number of aromatic nitrogens is 3. The Morgan fingerprint density at radius 3 is 3.00 bits per heavy atom. The molecule has 0 bridgehead atoms. The summed E-state index contributed by atoms with van der Waals surface area (Å²) in [6.07, 6.45) is 5.16. The van der Waals surface area contributed by atoms with Crippen LogP contribution in [0.4, 0.5) is 0 Å². The van der Waals surface area contributed by atoms with Crippen LogP contribution in [-0.4, -0.2) is 51.2 Å². The highest BCUT2D eigenvalue weighted by molar-refractivity contribution is 7.13. The molecule has 1 aliphatic rings. The minimum Gasteiger partial charge on any atom is -0.466 e. The van der Waals surface area contributed by atoms with Crippen LogP contribution >= 0.6 is 11.3 Å². The number of carbonyl (C=O) groups excluding carboxylic acids is 2. The maximum absolute atomic E-state index is 12.7. The van der Waals surface area contributed by atoms with E-state index in [0.29, 0.717) is 25.4 Å². The van der Waals surface area contributed by atoms with Gasteiger partial charge in [0, 0.05) is 37.3 Å². The average molecular weight is 348 g/mol. The number of esters is 1. The molecule has 1 aliphatic heterocycles. The quantitative estimate of drug-likeness (QED) is 0.790. The molecule has 1 amide bonds. The molecule has 8 heteroatoms. The summed E-state index contributed by atoms with van der Waals surface area (Å²) in [5.74, 6) is -0.584. The number of ether oxygens (including phenoxy) is 1. The number of hydrogen-bond acceptors (Lipinski definition) is 6. The van der Waals surface area contributed by atoms with Crippen LogP contribution in [0.3, 0.4) is 0 Å². The molecule has 0 N–H and O–H groups in total. The smallest absolute Gasteiger partial charge is 0.310 e. The maximum atomic E-state index is 12.7. The molecule has 24 heavy (non-hydrogen) atoms. The van der Waals surface area contributed by atoms with Crippen LogP contribution in [0.25, 0.3) is 10.6 Å². The third-order valence-corrected chi connectivity index (χ3v) is 4.90. The highest BCUT2D eigenvalue weighted by Gasteiger charge is 2.30. The van der Waals surface area contributed by atoms with Crippen molar-refractivity contribution in [3.05, 3.63) is 23.5 Å². The SMILES string of the molecule is CCOC(=O)[C@@H]1CCCN(C(=O)c2csc(-c3cnn(C)c3)n2)C1. The molecule has 0 aromatic carbocycles. The lowest BCUT2D eigenvalue weighted by molar-refractivity contribution is -0.149. The van der Waals surface area contributed by atoms with Gasteiger partial charge in [-0.25, -0.2) is 4.98 Å². The van der Waals surface area contributed by atoms with Crippen LogP contribution in [0.2, 0.25) is 0 Å². The van der Waals surface area contributed by atoms with Gasteiger partial charge >= 0.3 is 5.97 Å². The molecule has 0 saturated carbocycles. The van der Waals surface area contributed by atoms with Crippen molar-refractivity contribution in [2.45, 2.75) is 19.8 Å². The molecule has 128 valence electrons. The summed E-state index contributed by atoms with van der Waals surface area (Å²) in [5.41, 5.74) is 1.31. The first kappa shape index (κ1) is 16.6. The largest absolute Gasteiger partial charge is 0.466 e. The van der Waals surface area contributed by atoms with Crippen molar-refractivity contribution in [2.24, 2.45) is 13.0 Å². The topological polar surface area (TPSA) is 77.3 Å². The Kier molecular flexibility index (Phi) is 4.94. The van der Waals surface area contributed by atoms with Crippen molar-refractivity contribution in [3.63, 3.8) is 0 Å². The van der Waals surface area contributed by atoms with Gasteiger partial charge in [-0.3, -0.25) is 14.3 Å². The molecule has 0 unspecified atom stereocenters. The Morgan fingerprint density at radius 1 is 1.46 bits per heavy atom. The lowest BCUT2D eigenvalue weighted by Crippen LogP contribution is -2.42. The summed E-state index contributed by atoms with van der Waals surface area (Å²) in [4.78, 5) is 30.7. The van der Waals surface area contributed by atoms with E-state index in [1.54, 1.807) is 28.1 Å². The Morgan fingerprint density at radius 2 is 2.29 bits per heavy atom. The fourth-order valence-corrected chi connectivity index (χ4v) is 3.58. The summed E-state index contributed by atoms with van der Waals surface area (Å²) in [5, 5.41) is 6.65. The number of amides is 1. The lowest BCUT2D eigenvalue weighted by atomic mass is 9.98. The highest BCUT2D eigenvalue weighted by atomic mass is 32.1. The standard InChI is InChI=1S/C16H20N4O3S/c1-3-23-16(22)11-5-4-6-20(9-11)15(21)13-10-24-14(18-13)12-7-17-19(2)8-12/h7-8,10-11H,3-6,9H2,1-2H3/t11-/m1/s1. The maximum Gasteiger partial charge on any atom is 0.310 e. The number of hydrogen-bond donors (Lipinski definition) is 0. The molecule has 0 aliphatic carbocycles. The van der Waals surface area contributed by atoms with Crippen LogP contribution in [0.15, 0.2) is 17.8 Å². The van der Waals surface area contributed by atoms with Crippen molar-refractivity contribution in [2.75, 3.05) is 19.7 Å². The zero-order valence-corrected chi connectivity index (χ0v) is 14.6. The molecule has 1 fully saturated rings. The fraction of sp³-hybridized carbons (Fsp3) is 0.500. The van der Waals surface area contributed by atoms with E-state index < -0.39 is 0 Å². The number of nitrogens with zero attached hydrogens (tertiary/aromatic N) is 4. The fourth-order valence-electron chi connectivity index (χ4n) is 2.81. The molecule has 0 spiro atoms. The molecule has 2 aromatic rings. The zero-order valence-electron chi connectivity index (χ0n) is 13.8. The molecule has 7 nitrogen and oxygen atoms in total. The van der Waals surface area contributed by atoms with Crippen molar-refractivity contribution < 1.29 is 14.3 Å². The average Bonchev–Trinajstić information content (AvgIpc) is 3.23. The number of thiazole rings is 1. The highest BCUT2D eigenvalue weighted by Crippen LogP contribution is 2.25. The summed E-state index contributed by atoms with van der Waals surface area (Å²) < 4.78 is 6.78. The molecule has 3 rings (SSSR count). The van der Waals surface area contributed by atoms with Crippen molar-refractivity contribution in [1.82, 2.24) is 19.7 Å². The Balaban J connectivity index is 1.70.